The Morgan fingerprint density at radius 1 is 0.778 bits per heavy atom. The van der Waals surface area contributed by atoms with Crippen LogP contribution in [0.2, 0.25) is 0 Å². The Morgan fingerprint density at radius 3 is 1.94 bits per heavy atom. The van der Waals surface area contributed by atoms with E-state index in [4.69, 9.17) is 0 Å². The molecule has 191 valence electrons. The van der Waals surface area contributed by atoms with Gasteiger partial charge >= 0.3 is 224 Å². The van der Waals surface area contributed by atoms with E-state index in [0.717, 1.165) is 6.42 Å². The average Bonchev–Trinajstić information content (AvgIpc) is 3.34. The molecule has 0 heterocycles. The Morgan fingerprint density at radius 2 is 1.39 bits per heavy atom. The molecule has 0 aromatic heterocycles. The second kappa shape index (κ2) is 9.54. The van der Waals surface area contributed by atoms with Gasteiger partial charge in [0.25, 0.3) is 0 Å². The van der Waals surface area contributed by atoms with Gasteiger partial charge in [0.2, 0.25) is 0 Å². The molecule has 36 heavy (non-hydrogen) atoms. The van der Waals surface area contributed by atoms with Crippen molar-refractivity contribution < 1.29 is 49.5 Å². The first kappa shape index (κ1) is 29.9. The van der Waals surface area contributed by atoms with Crippen LogP contribution >= 0.6 is 0 Å². The molecule has 0 N–H and O–H groups in total. The summed E-state index contributed by atoms with van der Waals surface area (Å²) in [6, 6.07) is 7.44. The summed E-state index contributed by atoms with van der Waals surface area (Å²) in [5.41, 5.74) is 19.7. The molecule has 0 radical (unpaired) electrons. The first-order chi connectivity index (χ1) is 15.6. The van der Waals surface area contributed by atoms with Gasteiger partial charge in [0.15, 0.2) is 0 Å². The Labute approximate surface area is 247 Å². The molecule has 0 nitrogen and oxygen atoms in total. The van der Waals surface area contributed by atoms with E-state index in [-0.39, 0.29) is 41.1 Å². The van der Waals surface area contributed by atoms with E-state index in [2.05, 4.69) is 93.5 Å². The summed E-state index contributed by atoms with van der Waals surface area (Å²) in [6.07, 6.45) is 6.00. The summed E-state index contributed by atoms with van der Waals surface area (Å²) < 4.78 is 0.552. The smallest absolute Gasteiger partial charge is 1.00 e. The maximum absolute atomic E-state index is 2.55. The molecular formula is C33H41Cl2Zr. The van der Waals surface area contributed by atoms with Gasteiger partial charge in [0.05, 0.1) is 0 Å². The molecule has 0 saturated carbocycles. The Balaban J connectivity index is 0.00000180. The van der Waals surface area contributed by atoms with Crippen molar-refractivity contribution in [1.29, 1.82) is 0 Å². The molecule has 3 aliphatic rings. The quantitative estimate of drug-likeness (QED) is 0.473. The number of hydrogen-bond acceptors (Lipinski definition) is 0. The zero-order chi connectivity index (χ0) is 25.0. The minimum Gasteiger partial charge on any atom is -1.00 e. The van der Waals surface area contributed by atoms with Crippen LogP contribution in [0.15, 0.2) is 35.4 Å². The Bertz CT molecular complexity index is 1290. The zero-order valence-electron chi connectivity index (χ0n) is 23.8. The molecule has 2 bridgehead atoms. The molecule has 5 rings (SSSR count). The summed E-state index contributed by atoms with van der Waals surface area (Å²) in [5.74, 6) is 0. The molecule has 2 aromatic rings. The summed E-state index contributed by atoms with van der Waals surface area (Å²) in [4.78, 5) is 0. The van der Waals surface area contributed by atoms with Crippen LogP contribution in [-0.2, 0) is 48.4 Å². The molecule has 0 aliphatic heterocycles. The number of halogens is 2. The summed E-state index contributed by atoms with van der Waals surface area (Å²) >= 11 is 1.63. The summed E-state index contributed by atoms with van der Waals surface area (Å²) in [7, 11) is 0. The van der Waals surface area contributed by atoms with Gasteiger partial charge in [-0.05, 0) is 0 Å². The van der Waals surface area contributed by atoms with Crippen molar-refractivity contribution in [2.75, 3.05) is 0 Å². The van der Waals surface area contributed by atoms with Crippen molar-refractivity contribution in [2.24, 2.45) is 5.41 Å². The number of benzene rings is 2. The van der Waals surface area contributed by atoms with Crippen LogP contribution < -0.4 is 24.8 Å². The number of allylic oxidation sites excluding steroid dienone is 4. The molecule has 1 atom stereocenters. The van der Waals surface area contributed by atoms with Crippen LogP contribution in [0.25, 0.3) is 16.7 Å². The fourth-order valence-electron chi connectivity index (χ4n) is 7.09. The van der Waals surface area contributed by atoms with E-state index in [1.165, 1.54) is 29.5 Å². The topological polar surface area (TPSA) is 0 Å². The van der Waals surface area contributed by atoms with Crippen LogP contribution in [0.4, 0.5) is 0 Å². The van der Waals surface area contributed by atoms with Gasteiger partial charge in [0.1, 0.15) is 0 Å². The second-order valence-electron chi connectivity index (χ2n) is 13.9. The third-order valence-electron chi connectivity index (χ3n) is 8.27. The summed E-state index contributed by atoms with van der Waals surface area (Å²) in [6.45, 7) is 23.9. The second-order valence-corrected chi connectivity index (χ2v) is 15.3. The van der Waals surface area contributed by atoms with Gasteiger partial charge in [-0.25, -0.2) is 0 Å². The fraction of sp³-hybridized carbons (Fsp3) is 0.515. The monoisotopic (exact) mass is 597 g/mol. The SMILES string of the molecule is CC1=CCC(c2c3c(C(C)(C)C)c(c4c2-c2ccc(C(C)(C)C)cc2[CH]4[Zr+2])CC3)=C1C(C)(C)C.[Cl-].[Cl-]. The minimum atomic E-state index is 0. The summed E-state index contributed by atoms with van der Waals surface area (Å²) in [5, 5.41) is 0. The predicted molar refractivity (Wildman–Crippen MR) is 143 cm³/mol. The van der Waals surface area contributed by atoms with E-state index in [1.807, 2.05) is 0 Å². The number of fused-ring (bicyclic) bond motifs is 6. The number of hydrogen-bond donors (Lipinski definition) is 0. The first-order valence-corrected chi connectivity index (χ1v) is 14.5. The standard InChI is InChI=1S/C33H41.2ClH.Zr/c1-19-11-13-24(29(19)32(5,6)7)28-25-16-15-23(30(25)33(8,9)10)26-18-20-17-21(31(2,3)4)12-14-22(20)27(26)28;;;/h11-12,14,17-18H,13,15-16H2,1-10H3;2*1H;/q;;;+2/p-2. The molecule has 2 aromatic carbocycles. The van der Waals surface area contributed by atoms with Gasteiger partial charge in [-0.15, -0.1) is 0 Å². The van der Waals surface area contributed by atoms with Gasteiger partial charge in [-0.3, -0.25) is 0 Å². The Hall–Kier alpha value is -0.617. The fourth-order valence-corrected chi connectivity index (χ4v) is 8.46. The third kappa shape index (κ3) is 4.48. The third-order valence-corrected chi connectivity index (χ3v) is 9.75. The molecule has 1 unspecified atom stereocenters. The van der Waals surface area contributed by atoms with Crippen LogP contribution in [0, 0.1) is 5.41 Å². The van der Waals surface area contributed by atoms with Crippen molar-refractivity contribution in [1.82, 2.24) is 0 Å². The van der Waals surface area contributed by atoms with E-state index in [1.54, 1.807) is 74.8 Å². The molecule has 0 saturated heterocycles. The predicted octanol–water partition coefficient (Wildman–Crippen LogP) is 3.15. The van der Waals surface area contributed by atoms with E-state index in [9.17, 15) is 0 Å². The first-order valence-electron chi connectivity index (χ1n) is 13.1. The molecule has 0 fully saturated rings. The van der Waals surface area contributed by atoms with E-state index in [0.29, 0.717) is 3.63 Å². The maximum atomic E-state index is 2.55. The van der Waals surface area contributed by atoms with Crippen LogP contribution in [0.5, 0.6) is 0 Å². The van der Waals surface area contributed by atoms with Crippen molar-refractivity contribution in [3.05, 3.63) is 74.4 Å². The van der Waals surface area contributed by atoms with Gasteiger partial charge in [-0.2, -0.15) is 0 Å². The largest absolute Gasteiger partial charge is 1.00 e. The zero-order valence-corrected chi connectivity index (χ0v) is 27.7. The van der Waals surface area contributed by atoms with Crippen molar-refractivity contribution >= 4 is 5.57 Å². The molecule has 0 spiro atoms. The van der Waals surface area contributed by atoms with Gasteiger partial charge in [0, 0.05) is 0 Å². The molecular weight excluding hydrogens is 558 g/mol. The van der Waals surface area contributed by atoms with Crippen LogP contribution in [0.1, 0.15) is 118 Å². The minimum absolute atomic E-state index is 0. The molecule has 3 aliphatic carbocycles. The van der Waals surface area contributed by atoms with Gasteiger partial charge in [-0.1, -0.05) is 0 Å². The molecule has 0 amide bonds. The van der Waals surface area contributed by atoms with Crippen molar-refractivity contribution in [3.8, 4) is 11.1 Å². The molecule has 3 heteroatoms. The normalized spacial score (nSPS) is 18.6. The Kier molecular flexibility index (Phi) is 7.93. The number of rotatable bonds is 1. The van der Waals surface area contributed by atoms with Crippen molar-refractivity contribution in [2.45, 2.75) is 103 Å². The van der Waals surface area contributed by atoms with Crippen molar-refractivity contribution in [3.63, 3.8) is 0 Å². The van der Waals surface area contributed by atoms with Gasteiger partial charge < -0.3 is 24.8 Å². The maximum Gasteiger partial charge on any atom is -1.00 e. The van der Waals surface area contributed by atoms with E-state index < -0.39 is 0 Å². The average molecular weight is 600 g/mol. The van der Waals surface area contributed by atoms with Crippen LogP contribution in [-0.4, -0.2) is 0 Å². The van der Waals surface area contributed by atoms with E-state index >= 15 is 0 Å². The van der Waals surface area contributed by atoms with Crippen LogP contribution in [0.3, 0.4) is 0 Å².